The number of hydrogen-bond donors (Lipinski definition) is 4. The summed E-state index contributed by atoms with van der Waals surface area (Å²) in [7, 11) is 0. The van der Waals surface area contributed by atoms with Gasteiger partial charge in [0.15, 0.2) is 11.5 Å². The van der Waals surface area contributed by atoms with Crippen LogP contribution in [0.2, 0.25) is 0 Å². The van der Waals surface area contributed by atoms with Gasteiger partial charge in [0.1, 0.15) is 11.5 Å². The molecule has 0 heterocycles. The van der Waals surface area contributed by atoms with Crippen molar-refractivity contribution in [3.63, 3.8) is 0 Å². The Hall–Kier alpha value is -2.43. The van der Waals surface area contributed by atoms with Crippen LogP contribution in [0.25, 0.3) is 11.1 Å². The van der Waals surface area contributed by atoms with Gasteiger partial charge in [-0.05, 0) is 29.8 Å². The largest absolute Gasteiger partial charge is 0.508 e. The van der Waals surface area contributed by atoms with Crippen LogP contribution in [0.3, 0.4) is 0 Å². The third-order valence-electron chi connectivity index (χ3n) is 2.31. The second-order valence-corrected chi connectivity index (χ2v) is 3.53. The van der Waals surface area contributed by atoms with Crippen molar-refractivity contribution in [2.24, 2.45) is 0 Å². The second-order valence-electron chi connectivity index (χ2n) is 3.53. The van der Waals surface area contributed by atoms with Crippen LogP contribution in [0, 0.1) is 5.82 Å². The Morgan fingerprint density at radius 1 is 0.824 bits per heavy atom. The van der Waals surface area contributed by atoms with Crippen LogP contribution in [-0.2, 0) is 0 Å². The fraction of sp³-hybridized carbons (Fsp3) is 0. The van der Waals surface area contributed by atoms with Gasteiger partial charge in [-0.1, -0.05) is 0 Å². The van der Waals surface area contributed by atoms with Crippen molar-refractivity contribution in [3.05, 3.63) is 36.1 Å². The fourth-order valence-corrected chi connectivity index (χ4v) is 1.54. The van der Waals surface area contributed by atoms with Crippen LogP contribution >= 0.6 is 0 Å². The first-order chi connectivity index (χ1) is 7.99. The molecule has 2 aromatic carbocycles. The summed E-state index contributed by atoms with van der Waals surface area (Å²) in [6.45, 7) is 0. The highest BCUT2D eigenvalue weighted by Gasteiger charge is 2.14. The lowest BCUT2D eigenvalue weighted by atomic mass is 10.0. The summed E-state index contributed by atoms with van der Waals surface area (Å²) in [6.07, 6.45) is 0. The van der Waals surface area contributed by atoms with Crippen LogP contribution in [0.15, 0.2) is 30.3 Å². The Morgan fingerprint density at radius 3 is 2.00 bits per heavy atom. The van der Waals surface area contributed by atoms with Gasteiger partial charge in [-0.2, -0.15) is 4.39 Å². The van der Waals surface area contributed by atoms with E-state index in [-0.39, 0.29) is 22.6 Å². The zero-order valence-corrected chi connectivity index (χ0v) is 8.55. The molecule has 0 aliphatic rings. The van der Waals surface area contributed by atoms with E-state index in [1.165, 1.54) is 18.2 Å². The summed E-state index contributed by atoms with van der Waals surface area (Å²) in [4.78, 5) is 0. The molecule has 0 aromatic heterocycles. The number of hydrogen-bond acceptors (Lipinski definition) is 4. The molecule has 4 nitrogen and oxygen atoms in total. The van der Waals surface area contributed by atoms with Crippen molar-refractivity contribution in [1.82, 2.24) is 0 Å². The number of aromatic hydroxyl groups is 4. The Kier molecular flexibility index (Phi) is 2.51. The molecular weight excluding hydrogens is 227 g/mol. The SMILES string of the molecule is Oc1cc(O)cc(-c2ccc(O)c(F)c2O)c1. The van der Waals surface area contributed by atoms with Gasteiger partial charge in [0, 0.05) is 11.6 Å². The van der Waals surface area contributed by atoms with Gasteiger partial charge in [0.05, 0.1) is 0 Å². The summed E-state index contributed by atoms with van der Waals surface area (Å²) in [5, 5.41) is 37.1. The highest BCUT2D eigenvalue weighted by atomic mass is 19.1. The van der Waals surface area contributed by atoms with Crippen LogP contribution in [0.4, 0.5) is 4.39 Å². The maximum Gasteiger partial charge on any atom is 0.206 e. The maximum atomic E-state index is 13.3. The van der Waals surface area contributed by atoms with Gasteiger partial charge in [0.2, 0.25) is 5.82 Å². The van der Waals surface area contributed by atoms with Crippen molar-refractivity contribution >= 4 is 0 Å². The van der Waals surface area contributed by atoms with E-state index in [1.807, 2.05) is 0 Å². The standard InChI is InChI=1S/C12H9FO4/c13-11-10(16)2-1-9(12(11)17)6-3-7(14)5-8(15)4-6/h1-5,14-17H. The van der Waals surface area contributed by atoms with E-state index in [2.05, 4.69) is 0 Å². The zero-order chi connectivity index (χ0) is 12.6. The van der Waals surface area contributed by atoms with Crippen LogP contribution in [-0.4, -0.2) is 20.4 Å². The van der Waals surface area contributed by atoms with E-state index < -0.39 is 17.3 Å². The smallest absolute Gasteiger partial charge is 0.206 e. The Bertz CT molecular complexity index is 561. The van der Waals surface area contributed by atoms with E-state index >= 15 is 0 Å². The van der Waals surface area contributed by atoms with E-state index in [4.69, 9.17) is 5.11 Å². The number of halogens is 1. The predicted molar refractivity (Wildman–Crippen MR) is 58.5 cm³/mol. The maximum absolute atomic E-state index is 13.3. The van der Waals surface area contributed by atoms with Gasteiger partial charge >= 0.3 is 0 Å². The molecule has 2 aromatic rings. The minimum atomic E-state index is -1.15. The molecule has 0 bridgehead atoms. The molecule has 0 radical (unpaired) electrons. The predicted octanol–water partition coefficient (Wildman–Crippen LogP) is 2.32. The second kappa shape index (κ2) is 3.86. The molecule has 0 unspecified atom stereocenters. The highest BCUT2D eigenvalue weighted by Crippen LogP contribution is 2.38. The Labute approximate surface area is 95.8 Å². The minimum Gasteiger partial charge on any atom is -0.508 e. The zero-order valence-electron chi connectivity index (χ0n) is 8.55. The van der Waals surface area contributed by atoms with Crippen LogP contribution in [0.5, 0.6) is 23.0 Å². The molecule has 17 heavy (non-hydrogen) atoms. The fourth-order valence-electron chi connectivity index (χ4n) is 1.54. The summed E-state index contributed by atoms with van der Waals surface area (Å²) >= 11 is 0. The molecule has 88 valence electrons. The summed E-state index contributed by atoms with van der Waals surface area (Å²) in [5.41, 5.74) is 0.297. The normalized spacial score (nSPS) is 10.4. The number of rotatable bonds is 1. The molecule has 5 heteroatoms. The lowest BCUT2D eigenvalue weighted by Crippen LogP contribution is -1.84. The summed E-state index contributed by atoms with van der Waals surface area (Å²) in [6, 6.07) is 5.97. The van der Waals surface area contributed by atoms with Gasteiger partial charge in [-0.25, -0.2) is 0 Å². The van der Waals surface area contributed by atoms with Gasteiger partial charge in [0.25, 0.3) is 0 Å². The number of phenols is 4. The molecule has 0 saturated heterocycles. The Balaban J connectivity index is 2.64. The molecule has 0 amide bonds. The lowest BCUT2D eigenvalue weighted by molar-refractivity contribution is 0.390. The van der Waals surface area contributed by atoms with Crippen molar-refractivity contribution in [2.75, 3.05) is 0 Å². The van der Waals surface area contributed by atoms with Gasteiger partial charge in [-0.3, -0.25) is 0 Å². The summed E-state index contributed by atoms with van der Waals surface area (Å²) in [5.74, 6) is -2.99. The average molecular weight is 236 g/mol. The quantitative estimate of drug-likeness (QED) is 0.612. The first kappa shape index (κ1) is 11.1. The molecule has 0 saturated carbocycles. The molecular formula is C12H9FO4. The number of phenolic OH excluding ortho intramolecular Hbond substituents is 4. The molecule has 0 spiro atoms. The van der Waals surface area contributed by atoms with Crippen molar-refractivity contribution in [3.8, 4) is 34.1 Å². The summed E-state index contributed by atoms with van der Waals surface area (Å²) < 4.78 is 13.3. The monoisotopic (exact) mass is 236 g/mol. The van der Waals surface area contributed by atoms with E-state index in [0.29, 0.717) is 0 Å². The third kappa shape index (κ3) is 1.94. The molecule has 0 aliphatic heterocycles. The third-order valence-corrected chi connectivity index (χ3v) is 2.31. The van der Waals surface area contributed by atoms with E-state index in [0.717, 1.165) is 12.1 Å². The van der Waals surface area contributed by atoms with Gasteiger partial charge < -0.3 is 20.4 Å². The minimum absolute atomic E-state index is 0.0616. The van der Waals surface area contributed by atoms with Crippen molar-refractivity contribution < 1.29 is 24.8 Å². The highest BCUT2D eigenvalue weighted by molar-refractivity contribution is 5.73. The first-order valence-electron chi connectivity index (χ1n) is 4.73. The molecule has 4 N–H and O–H groups in total. The topological polar surface area (TPSA) is 80.9 Å². The van der Waals surface area contributed by atoms with Crippen molar-refractivity contribution in [1.29, 1.82) is 0 Å². The molecule has 0 aliphatic carbocycles. The van der Waals surface area contributed by atoms with Gasteiger partial charge in [-0.15, -0.1) is 0 Å². The first-order valence-corrected chi connectivity index (χ1v) is 4.73. The average Bonchev–Trinajstić information content (AvgIpc) is 2.24. The Morgan fingerprint density at radius 2 is 1.41 bits per heavy atom. The van der Waals surface area contributed by atoms with E-state index in [9.17, 15) is 19.7 Å². The van der Waals surface area contributed by atoms with Crippen LogP contribution < -0.4 is 0 Å². The number of benzene rings is 2. The molecule has 2 rings (SSSR count). The van der Waals surface area contributed by atoms with E-state index in [1.54, 1.807) is 0 Å². The van der Waals surface area contributed by atoms with Crippen LogP contribution in [0.1, 0.15) is 0 Å². The van der Waals surface area contributed by atoms with Crippen molar-refractivity contribution in [2.45, 2.75) is 0 Å². The molecule has 0 fully saturated rings. The molecule has 0 atom stereocenters. The lowest BCUT2D eigenvalue weighted by Gasteiger charge is -2.07.